The summed E-state index contributed by atoms with van der Waals surface area (Å²) in [5, 5.41) is 2.50. The van der Waals surface area contributed by atoms with Crippen molar-refractivity contribution in [2.45, 2.75) is 0 Å². The van der Waals surface area contributed by atoms with Crippen molar-refractivity contribution in [3.63, 3.8) is 0 Å². The smallest absolute Gasteiger partial charge is 0.475 e. The number of hydrogen-bond acceptors (Lipinski definition) is 2. The van der Waals surface area contributed by atoms with E-state index in [4.69, 9.17) is 0 Å². The monoisotopic (exact) mass is 286 g/mol. The first-order valence-corrected chi connectivity index (χ1v) is 2.06. The fourth-order valence-electron chi connectivity index (χ4n) is 0. The van der Waals surface area contributed by atoms with Crippen molar-refractivity contribution in [2.24, 2.45) is 0 Å². The van der Waals surface area contributed by atoms with Gasteiger partial charge in [0.05, 0.1) is 0 Å². The molecule has 0 aromatic carbocycles. The fourth-order valence-corrected chi connectivity index (χ4v) is 0. The summed E-state index contributed by atoms with van der Waals surface area (Å²) < 4.78 is 0. The van der Waals surface area contributed by atoms with Gasteiger partial charge >= 0.3 is 21.1 Å². The van der Waals surface area contributed by atoms with E-state index in [0.717, 1.165) is 0 Å². The molecule has 0 amide bonds. The van der Waals surface area contributed by atoms with E-state index in [1.807, 2.05) is 14.1 Å². The van der Waals surface area contributed by atoms with Crippen LogP contribution in [0.3, 0.4) is 0 Å². The Morgan fingerprint density at radius 2 is 1.38 bits per heavy atom. The molecule has 0 atom stereocenters. The standard InChI is InChI=1S/C3H8N.C2H6N.W/c1-4(2)3;1-3-2;/h1H2,2-3H3;3H,1H2,2H3;/q2*-1;+2. The van der Waals surface area contributed by atoms with Crippen LogP contribution < -0.4 is 5.32 Å². The maximum absolute atomic E-state index is 3.47. The normalized spacial score (nSPS) is 6.75. The van der Waals surface area contributed by atoms with E-state index in [1.165, 1.54) is 0 Å². The first kappa shape index (κ1) is 15.8. The molecule has 0 aliphatic carbocycles. The van der Waals surface area contributed by atoms with Gasteiger partial charge in [-0.15, -0.1) is 0 Å². The van der Waals surface area contributed by atoms with Crippen molar-refractivity contribution < 1.29 is 21.1 Å². The molecule has 8 heavy (non-hydrogen) atoms. The number of hydrogen-bond donors (Lipinski definition) is 1. The van der Waals surface area contributed by atoms with Gasteiger partial charge in [-0.2, -0.15) is 0 Å². The van der Waals surface area contributed by atoms with Crippen LogP contribution in [0.1, 0.15) is 0 Å². The third-order valence-corrected chi connectivity index (χ3v) is 0. The van der Waals surface area contributed by atoms with Gasteiger partial charge in [0.15, 0.2) is 0 Å². The third-order valence-electron chi connectivity index (χ3n) is 0. The zero-order valence-electron chi connectivity index (χ0n) is 5.77. The predicted octanol–water partition coefficient (Wildman–Crippen LogP) is 0.334. The molecule has 0 unspecified atom stereocenters. The van der Waals surface area contributed by atoms with Crippen LogP contribution in [0.5, 0.6) is 0 Å². The summed E-state index contributed by atoms with van der Waals surface area (Å²) in [6, 6.07) is 0. The molecule has 0 spiro atoms. The first-order chi connectivity index (χ1) is 3.15. The Hall–Kier alpha value is 0.608. The average Bonchev–Trinajstić information content (AvgIpc) is 1.33. The minimum absolute atomic E-state index is 0. The van der Waals surface area contributed by atoms with E-state index in [2.05, 4.69) is 19.4 Å². The maximum atomic E-state index is 3.47. The Balaban J connectivity index is -0.0000000575. The molecule has 0 radical (unpaired) electrons. The molecule has 0 aromatic rings. The molecule has 0 saturated carbocycles. The molecule has 0 bridgehead atoms. The average molecular weight is 286 g/mol. The van der Waals surface area contributed by atoms with Crippen LogP contribution in [0.4, 0.5) is 0 Å². The van der Waals surface area contributed by atoms with Gasteiger partial charge in [-0.25, -0.2) is 0 Å². The van der Waals surface area contributed by atoms with E-state index < -0.39 is 0 Å². The molecule has 50 valence electrons. The van der Waals surface area contributed by atoms with Crippen LogP contribution >= 0.6 is 0 Å². The number of rotatable bonds is 0. The van der Waals surface area contributed by atoms with Gasteiger partial charge in [0.2, 0.25) is 0 Å². The zero-order chi connectivity index (χ0) is 6.28. The van der Waals surface area contributed by atoms with Gasteiger partial charge in [-0.05, 0) is 21.1 Å². The Bertz CT molecular complexity index is 21.6. The summed E-state index contributed by atoms with van der Waals surface area (Å²) in [7, 11) is 12.2. The van der Waals surface area contributed by atoms with Crippen molar-refractivity contribution in [1.29, 1.82) is 0 Å². The van der Waals surface area contributed by atoms with Gasteiger partial charge < -0.3 is 10.2 Å². The van der Waals surface area contributed by atoms with Gasteiger partial charge in [0, 0.05) is 0 Å². The van der Waals surface area contributed by atoms with E-state index in [1.54, 1.807) is 11.9 Å². The zero-order valence-corrected chi connectivity index (χ0v) is 8.70. The second kappa shape index (κ2) is 15.6. The molecule has 2 nitrogen and oxygen atoms in total. The number of nitrogens with zero attached hydrogens (tertiary/aromatic N) is 1. The Morgan fingerprint density at radius 1 is 1.38 bits per heavy atom. The van der Waals surface area contributed by atoms with Gasteiger partial charge in [-0.1, -0.05) is 0 Å². The van der Waals surface area contributed by atoms with E-state index in [9.17, 15) is 0 Å². The Morgan fingerprint density at radius 3 is 1.38 bits per heavy atom. The largest absolute Gasteiger partial charge is 2.00 e. The van der Waals surface area contributed by atoms with Crippen molar-refractivity contribution in [3.8, 4) is 0 Å². The van der Waals surface area contributed by atoms with Gasteiger partial charge in [-0.3, -0.25) is 14.1 Å². The topological polar surface area (TPSA) is 15.3 Å². The van der Waals surface area contributed by atoms with Crippen LogP contribution in [-0.2, 0) is 21.1 Å². The molecular formula is C5H14N2W. The molecule has 0 rings (SSSR count). The summed E-state index contributed by atoms with van der Waals surface area (Å²) in [4.78, 5) is 1.75. The summed E-state index contributed by atoms with van der Waals surface area (Å²) in [5.41, 5.74) is 0. The first-order valence-electron chi connectivity index (χ1n) is 2.06. The minimum Gasteiger partial charge on any atom is -0.475 e. The SMILES string of the molecule is [CH2-]N(C)C.[CH2-]NC.[W+2]. The summed E-state index contributed by atoms with van der Waals surface area (Å²) in [5.74, 6) is 0. The van der Waals surface area contributed by atoms with Crippen LogP contribution in [-0.4, -0.2) is 26.0 Å². The van der Waals surface area contributed by atoms with E-state index >= 15 is 0 Å². The molecule has 0 aliphatic heterocycles. The molecule has 1 N–H and O–H groups in total. The van der Waals surface area contributed by atoms with Crippen molar-refractivity contribution in [2.75, 3.05) is 21.1 Å². The summed E-state index contributed by atoms with van der Waals surface area (Å²) >= 11 is 0. The number of nitrogens with one attached hydrogen (secondary N) is 1. The molecule has 3 heteroatoms. The molecule has 0 fully saturated rings. The molecular weight excluding hydrogens is 272 g/mol. The quantitative estimate of drug-likeness (QED) is 0.646. The van der Waals surface area contributed by atoms with Crippen LogP contribution in [0.2, 0.25) is 0 Å². The fraction of sp³-hybridized carbons (Fsp3) is 0.600. The Labute approximate surface area is 66.9 Å². The Kier molecular flexibility index (Phi) is 31.0. The molecule has 0 saturated heterocycles. The van der Waals surface area contributed by atoms with Crippen molar-refractivity contribution in [1.82, 2.24) is 10.2 Å². The predicted molar refractivity (Wildman–Crippen MR) is 33.5 cm³/mol. The minimum atomic E-state index is 0. The second-order valence-electron chi connectivity index (χ2n) is 1.43. The van der Waals surface area contributed by atoms with Crippen molar-refractivity contribution in [3.05, 3.63) is 14.1 Å². The summed E-state index contributed by atoms with van der Waals surface area (Å²) in [6.45, 7) is 0. The van der Waals surface area contributed by atoms with Crippen molar-refractivity contribution >= 4 is 0 Å². The molecule has 0 aliphatic rings. The van der Waals surface area contributed by atoms with Gasteiger partial charge in [0.1, 0.15) is 0 Å². The maximum Gasteiger partial charge on any atom is 2.00 e. The van der Waals surface area contributed by atoms with Crippen LogP contribution in [0.15, 0.2) is 0 Å². The van der Waals surface area contributed by atoms with E-state index in [-0.39, 0.29) is 21.1 Å². The van der Waals surface area contributed by atoms with Crippen LogP contribution in [0.25, 0.3) is 0 Å². The summed E-state index contributed by atoms with van der Waals surface area (Å²) in [6.07, 6.45) is 0. The van der Waals surface area contributed by atoms with Gasteiger partial charge in [0.25, 0.3) is 0 Å². The molecule has 0 aromatic heterocycles. The molecule has 0 heterocycles. The third kappa shape index (κ3) is 562. The second-order valence-corrected chi connectivity index (χ2v) is 1.43. The van der Waals surface area contributed by atoms with E-state index in [0.29, 0.717) is 0 Å². The van der Waals surface area contributed by atoms with Crippen LogP contribution in [0, 0.1) is 14.1 Å².